The van der Waals surface area contributed by atoms with Crippen LogP contribution in [0.25, 0.3) is 0 Å². The van der Waals surface area contributed by atoms with E-state index in [1.54, 1.807) is 31.4 Å². The maximum absolute atomic E-state index is 11.6. The van der Waals surface area contributed by atoms with E-state index in [4.69, 9.17) is 9.16 Å². The van der Waals surface area contributed by atoms with E-state index >= 15 is 0 Å². The van der Waals surface area contributed by atoms with Crippen LogP contribution >= 0.6 is 0 Å². The molecule has 1 aromatic carbocycles. The summed E-state index contributed by atoms with van der Waals surface area (Å²) in [5.41, 5.74) is 0.568. The van der Waals surface area contributed by atoms with Crippen molar-refractivity contribution in [1.82, 2.24) is 0 Å². The van der Waals surface area contributed by atoms with Crippen molar-refractivity contribution in [3.05, 3.63) is 29.8 Å². The van der Waals surface area contributed by atoms with Crippen LogP contribution in [0.4, 0.5) is 0 Å². The van der Waals surface area contributed by atoms with Crippen molar-refractivity contribution in [3.63, 3.8) is 0 Å². The van der Waals surface area contributed by atoms with Gasteiger partial charge in [-0.3, -0.25) is 0 Å². The summed E-state index contributed by atoms with van der Waals surface area (Å²) in [4.78, 5) is 11.6. The molecule has 0 aliphatic carbocycles. The van der Waals surface area contributed by atoms with E-state index in [2.05, 4.69) is 0 Å². The van der Waals surface area contributed by atoms with Gasteiger partial charge in [0.25, 0.3) is 0 Å². The molecule has 0 saturated carbocycles. The van der Waals surface area contributed by atoms with Crippen molar-refractivity contribution in [1.29, 1.82) is 0 Å². The Morgan fingerprint density at radius 1 is 1.13 bits per heavy atom. The lowest BCUT2D eigenvalue weighted by atomic mass is 10.2. The lowest BCUT2D eigenvalue weighted by molar-refractivity contribution is 0.0724. The largest absolute Gasteiger partial charge is 0.516 e. The van der Waals surface area contributed by atoms with Crippen LogP contribution in [-0.4, -0.2) is 21.4 Å². The minimum atomic E-state index is -1.81. The van der Waals surface area contributed by atoms with E-state index in [9.17, 15) is 4.79 Å². The Labute approximate surface area is 91.1 Å². The predicted octanol–water partition coefficient (Wildman–Crippen LogP) is 2.69. The van der Waals surface area contributed by atoms with Crippen LogP contribution < -0.4 is 4.74 Å². The topological polar surface area (TPSA) is 35.5 Å². The van der Waals surface area contributed by atoms with Gasteiger partial charge in [-0.05, 0) is 43.9 Å². The summed E-state index contributed by atoms with van der Waals surface area (Å²) in [7, 11) is -0.213. The van der Waals surface area contributed by atoms with Gasteiger partial charge >= 0.3 is 5.97 Å². The van der Waals surface area contributed by atoms with Gasteiger partial charge in [0.05, 0.1) is 12.7 Å². The van der Waals surface area contributed by atoms with Crippen molar-refractivity contribution in [3.8, 4) is 5.75 Å². The normalized spacial score (nSPS) is 10.9. The molecule has 82 valence electrons. The number of rotatable bonds is 3. The van der Waals surface area contributed by atoms with Crippen LogP contribution in [0.3, 0.4) is 0 Å². The van der Waals surface area contributed by atoms with Crippen LogP contribution in [0.2, 0.25) is 19.6 Å². The number of methoxy groups -OCH3 is 1. The average molecular weight is 224 g/mol. The monoisotopic (exact) mass is 224 g/mol. The first-order chi connectivity index (χ1) is 6.92. The summed E-state index contributed by atoms with van der Waals surface area (Å²) in [6, 6.07) is 6.92. The molecule has 0 fully saturated rings. The molecule has 0 saturated heterocycles. The third kappa shape index (κ3) is 3.75. The second kappa shape index (κ2) is 4.48. The summed E-state index contributed by atoms with van der Waals surface area (Å²) in [6.07, 6.45) is 0. The smallest absolute Gasteiger partial charge is 0.324 e. The van der Waals surface area contributed by atoms with Crippen LogP contribution in [0, 0.1) is 0 Å². The zero-order valence-electron chi connectivity index (χ0n) is 9.53. The van der Waals surface area contributed by atoms with Crippen molar-refractivity contribution in [2.45, 2.75) is 19.6 Å². The van der Waals surface area contributed by atoms with Gasteiger partial charge in [-0.25, -0.2) is 4.79 Å². The molecule has 0 atom stereocenters. The van der Waals surface area contributed by atoms with Crippen LogP contribution in [0.15, 0.2) is 24.3 Å². The molecule has 0 radical (unpaired) electrons. The van der Waals surface area contributed by atoms with Gasteiger partial charge < -0.3 is 9.16 Å². The summed E-state index contributed by atoms with van der Waals surface area (Å²) in [6.45, 7) is 5.94. The summed E-state index contributed by atoms with van der Waals surface area (Å²) in [5, 5.41) is 0. The number of ether oxygens (including phenoxy) is 1. The molecule has 4 heteroatoms. The predicted molar refractivity (Wildman–Crippen MR) is 61.8 cm³/mol. The Kier molecular flexibility index (Phi) is 3.52. The van der Waals surface area contributed by atoms with E-state index < -0.39 is 8.32 Å². The molecule has 1 rings (SSSR count). The first-order valence-corrected chi connectivity index (χ1v) is 8.20. The highest BCUT2D eigenvalue weighted by Crippen LogP contribution is 2.14. The lowest BCUT2D eigenvalue weighted by Crippen LogP contribution is -2.29. The SMILES string of the molecule is COc1ccc(C(=O)O[Si](C)(C)C)cc1. The Morgan fingerprint density at radius 3 is 2.07 bits per heavy atom. The van der Waals surface area contributed by atoms with Crippen molar-refractivity contribution < 1.29 is 14.0 Å². The molecule has 0 N–H and O–H groups in total. The van der Waals surface area contributed by atoms with E-state index in [-0.39, 0.29) is 5.97 Å². The number of hydrogen-bond acceptors (Lipinski definition) is 3. The highest BCUT2D eigenvalue weighted by molar-refractivity contribution is 6.71. The van der Waals surface area contributed by atoms with Gasteiger partial charge in [-0.2, -0.15) is 0 Å². The third-order valence-electron chi connectivity index (χ3n) is 1.72. The fourth-order valence-electron chi connectivity index (χ4n) is 1.06. The quantitative estimate of drug-likeness (QED) is 0.740. The lowest BCUT2D eigenvalue weighted by Gasteiger charge is -2.17. The molecule has 0 bridgehead atoms. The molecule has 1 aromatic rings. The van der Waals surface area contributed by atoms with Crippen molar-refractivity contribution in [2.75, 3.05) is 7.11 Å². The number of benzene rings is 1. The molecule has 15 heavy (non-hydrogen) atoms. The molecule has 0 aliphatic rings. The molecular weight excluding hydrogens is 208 g/mol. The summed E-state index contributed by atoms with van der Waals surface area (Å²) >= 11 is 0. The zero-order valence-corrected chi connectivity index (χ0v) is 10.5. The maximum atomic E-state index is 11.6. The fourth-order valence-corrected chi connectivity index (χ4v) is 1.74. The molecule has 0 unspecified atom stereocenters. The second-order valence-corrected chi connectivity index (χ2v) is 8.66. The Morgan fingerprint density at radius 2 is 1.67 bits per heavy atom. The molecule has 0 amide bonds. The minimum absolute atomic E-state index is 0.253. The van der Waals surface area contributed by atoms with Gasteiger partial charge in [0, 0.05) is 0 Å². The molecule has 3 nitrogen and oxygen atoms in total. The van der Waals surface area contributed by atoms with Gasteiger partial charge in [-0.1, -0.05) is 0 Å². The van der Waals surface area contributed by atoms with Crippen LogP contribution in [-0.2, 0) is 4.43 Å². The van der Waals surface area contributed by atoms with E-state index in [1.807, 2.05) is 19.6 Å². The summed E-state index contributed by atoms with van der Waals surface area (Å²) < 4.78 is 10.4. The molecule has 0 aromatic heterocycles. The van der Waals surface area contributed by atoms with Crippen molar-refractivity contribution >= 4 is 14.3 Å². The van der Waals surface area contributed by atoms with Crippen molar-refractivity contribution in [2.24, 2.45) is 0 Å². The first kappa shape index (κ1) is 11.8. The summed E-state index contributed by atoms with van der Waals surface area (Å²) in [5.74, 6) is 0.483. The van der Waals surface area contributed by atoms with Gasteiger partial charge in [0.15, 0.2) is 0 Å². The van der Waals surface area contributed by atoms with Gasteiger partial charge in [0.1, 0.15) is 5.75 Å². The highest BCUT2D eigenvalue weighted by Gasteiger charge is 2.20. The van der Waals surface area contributed by atoms with Gasteiger partial charge in [0.2, 0.25) is 8.32 Å². The fraction of sp³-hybridized carbons (Fsp3) is 0.364. The van der Waals surface area contributed by atoms with E-state index in [0.717, 1.165) is 5.75 Å². The minimum Gasteiger partial charge on any atom is -0.516 e. The molecule has 0 aliphatic heterocycles. The third-order valence-corrected chi connectivity index (χ3v) is 2.52. The standard InChI is InChI=1S/C11H16O3Si/c1-13-10-7-5-9(6-8-10)11(12)14-15(2,3)4/h5-8H,1-4H3. The number of hydrogen-bond donors (Lipinski definition) is 0. The Balaban J connectivity index is 2.75. The van der Waals surface area contributed by atoms with Crippen LogP contribution in [0.1, 0.15) is 10.4 Å². The number of carbonyl (C=O) groups is 1. The highest BCUT2D eigenvalue weighted by atomic mass is 28.4. The zero-order chi connectivity index (χ0) is 11.5. The van der Waals surface area contributed by atoms with Crippen LogP contribution in [0.5, 0.6) is 5.75 Å². The average Bonchev–Trinajstić information content (AvgIpc) is 2.15. The Hall–Kier alpha value is -1.29. The van der Waals surface area contributed by atoms with E-state index in [0.29, 0.717) is 5.56 Å². The Bertz CT molecular complexity index is 338. The maximum Gasteiger partial charge on any atom is 0.324 e. The second-order valence-electron chi connectivity index (χ2n) is 4.23. The van der Waals surface area contributed by atoms with Gasteiger partial charge in [-0.15, -0.1) is 0 Å². The molecular formula is C11H16O3Si. The molecule has 0 heterocycles. The first-order valence-electron chi connectivity index (χ1n) is 4.80. The molecule has 0 spiro atoms. The number of carbonyl (C=O) groups excluding carboxylic acids is 1. The van der Waals surface area contributed by atoms with E-state index in [1.165, 1.54) is 0 Å².